The van der Waals surface area contributed by atoms with Gasteiger partial charge in [-0.1, -0.05) is 12.8 Å². The maximum Gasteiger partial charge on any atom is 0.306 e. The van der Waals surface area contributed by atoms with E-state index in [9.17, 15) is 4.79 Å². The normalized spacial score (nSPS) is 28.1. The summed E-state index contributed by atoms with van der Waals surface area (Å²) in [5, 5.41) is 17.7. The third-order valence-corrected chi connectivity index (χ3v) is 4.73. The molecule has 5 nitrogen and oxygen atoms in total. The lowest BCUT2D eigenvalue weighted by Crippen LogP contribution is -2.14. The fourth-order valence-electron chi connectivity index (χ4n) is 3.72. The molecule has 2 aliphatic rings. The van der Waals surface area contributed by atoms with Gasteiger partial charge in [-0.2, -0.15) is 0 Å². The van der Waals surface area contributed by atoms with Crippen molar-refractivity contribution in [2.24, 2.45) is 5.92 Å². The Balaban J connectivity index is 1.83. The van der Waals surface area contributed by atoms with Crippen LogP contribution in [-0.4, -0.2) is 25.8 Å². The van der Waals surface area contributed by atoms with Crippen molar-refractivity contribution in [3.63, 3.8) is 0 Å². The molecule has 104 valence electrons. The number of carboxylic acids is 1. The van der Waals surface area contributed by atoms with Gasteiger partial charge in [0.15, 0.2) is 0 Å². The average molecular weight is 263 g/mol. The molecule has 2 unspecified atom stereocenters. The van der Waals surface area contributed by atoms with Crippen molar-refractivity contribution in [3.05, 3.63) is 11.6 Å². The van der Waals surface area contributed by atoms with E-state index in [1.54, 1.807) is 0 Å². The van der Waals surface area contributed by atoms with E-state index in [1.165, 1.54) is 25.7 Å². The van der Waals surface area contributed by atoms with Crippen LogP contribution in [0, 0.1) is 12.8 Å². The van der Waals surface area contributed by atoms with Crippen LogP contribution in [0.15, 0.2) is 0 Å². The van der Waals surface area contributed by atoms with E-state index in [0.29, 0.717) is 6.04 Å². The highest BCUT2D eigenvalue weighted by molar-refractivity contribution is 5.70. The first-order chi connectivity index (χ1) is 9.16. The van der Waals surface area contributed by atoms with Gasteiger partial charge in [-0.05, 0) is 39.0 Å². The Hall–Kier alpha value is -1.39. The van der Waals surface area contributed by atoms with Crippen molar-refractivity contribution < 1.29 is 9.90 Å². The average Bonchev–Trinajstić information content (AvgIpc) is 3.07. The Morgan fingerprint density at radius 1 is 1.21 bits per heavy atom. The zero-order valence-electron chi connectivity index (χ0n) is 11.4. The van der Waals surface area contributed by atoms with E-state index in [1.807, 2.05) is 6.92 Å². The number of aryl methyl sites for hydroxylation is 1. The molecule has 0 bridgehead atoms. The molecule has 0 radical (unpaired) electrons. The molecule has 0 amide bonds. The molecule has 2 fully saturated rings. The van der Waals surface area contributed by atoms with Crippen molar-refractivity contribution >= 4 is 5.97 Å². The van der Waals surface area contributed by atoms with E-state index in [0.717, 1.165) is 30.9 Å². The first-order valence-electron chi connectivity index (χ1n) is 7.31. The van der Waals surface area contributed by atoms with Gasteiger partial charge in [-0.15, -0.1) is 10.2 Å². The van der Waals surface area contributed by atoms with Gasteiger partial charge in [-0.25, -0.2) is 0 Å². The zero-order valence-corrected chi connectivity index (χ0v) is 11.4. The Bertz CT molecular complexity index is 477. The molecule has 5 heteroatoms. The molecule has 0 aromatic carbocycles. The maximum atomic E-state index is 11.1. The van der Waals surface area contributed by atoms with Gasteiger partial charge in [0.1, 0.15) is 11.6 Å². The summed E-state index contributed by atoms with van der Waals surface area (Å²) in [4.78, 5) is 11.1. The van der Waals surface area contributed by atoms with Crippen LogP contribution >= 0.6 is 0 Å². The molecule has 1 heterocycles. The second-order valence-corrected chi connectivity index (χ2v) is 5.96. The second kappa shape index (κ2) is 4.94. The number of hydrogen-bond donors (Lipinski definition) is 1. The molecular weight excluding hydrogens is 242 g/mol. The summed E-state index contributed by atoms with van der Waals surface area (Å²) >= 11 is 0. The predicted octanol–water partition coefficient (Wildman–Crippen LogP) is 2.67. The highest BCUT2D eigenvalue weighted by Crippen LogP contribution is 2.40. The first-order valence-corrected chi connectivity index (χ1v) is 7.31. The van der Waals surface area contributed by atoms with Crippen molar-refractivity contribution in [3.8, 4) is 0 Å². The third kappa shape index (κ3) is 2.26. The summed E-state index contributed by atoms with van der Waals surface area (Å²) in [5.41, 5.74) is 0. The minimum absolute atomic E-state index is 0.195. The number of carboxylic acid groups (broad SMARTS) is 1. The molecule has 19 heavy (non-hydrogen) atoms. The van der Waals surface area contributed by atoms with Gasteiger partial charge < -0.3 is 9.67 Å². The third-order valence-electron chi connectivity index (χ3n) is 4.73. The minimum Gasteiger partial charge on any atom is -0.481 e. The fourth-order valence-corrected chi connectivity index (χ4v) is 3.72. The molecule has 3 rings (SSSR count). The molecule has 0 spiro atoms. The Morgan fingerprint density at radius 2 is 1.95 bits per heavy atom. The summed E-state index contributed by atoms with van der Waals surface area (Å²) in [6.45, 7) is 2.01. The van der Waals surface area contributed by atoms with Crippen LogP contribution in [0.5, 0.6) is 0 Å². The standard InChI is InChI=1S/C14H21N3O2/c1-9-15-16-13(17(9)12-4-2-3-5-12)10-6-7-11(8-10)14(18)19/h10-12H,2-8H2,1H3,(H,18,19). The summed E-state index contributed by atoms with van der Waals surface area (Å²) in [6.07, 6.45) is 7.41. The van der Waals surface area contributed by atoms with Crippen molar-refractivity contribution in [1.29, 1.82) is 0 Å². The van der Waals surface area contributed by atoms with Crippen LogP contribution in [0.1, 0.15) is 68.6 Å². The highest BCUT2D eigenvalue weighted by atomic mass is 16.4. The van der Waals surface area contributed by atoms with Gasteiger partial charge >= 0.3 is 5.97 Å². The minimum atomic E-state index is -0.661. The van der Waals surface area contributed by atoms with Crippen molar-refractivity contribution in [2.45, 2.75) is 63.8 Å². The number of hydrogen-bond acceptors (Lipinski definition) is 3. The lowest BCUT2D eigenvalue weighted by atomic mass is 10.0. The highest BCUT2D eigenvalue weighted by Gasteiger charge is 2.35. The molecule has 2 saturated carbocycles. The smallest absolute Gasteiger partial charge is 0.306 e. The van der Waals surface area contributed by atoms with Gasteiger partial charge in [0, 0.05) is 12.0 Å². The Kier molecular flexibility index (Phi) is 3.29. The summed E-state index contributed by atoms with van der Waals surface area (Å²) in [6, 6.07) is 0.536. The molecular formula is C14H21N3O2. The molecule has 1 N–H and O–H groups in total. The lowest BCUT2D eigenvalue weighted by molar-refractivity contribution is -0.141. The van der Waals surface area contributed by atoms with E-state index >= 15 is 0 Å². The number of aliphatic carboxylic acids is 1. The van der Waals surface area contributed by atoms with Crippen LogP contribution in [0.3, 0.4) is 0 Å². The molecule has 2 atom stereocenters. The van der Waals surface area contributed by atoms with E-state index in [-0.39, 0.29) is 11.8 Å². The van der Waals surface area contributed by atoms with Crippen LogP contribution in [0.25, 0.3) is 0 Å². The molecule has 0 saturated heterocycles. The lowest BCUT2D eigenvalue weighted by Gasteiger charge is -2.18. The van der Waals surface area contributed by atoms with Crippen LogP contribution in [0.4, 0.5) is 0 Å². The predicted molar refractivity (Wildman–Crippen MR) is 70.0 cm³/mol. The van der Waals surface area contributed by atoms with E-state index in [2.05, 4.69) is 14.8 Å². The molecule has 0 aliphatic heterocycles. The van der Waals surface area contributed by atoms with Crippen molar-refractivity contribution in [2.75, 3.05) is 0 Å². The van der Waals surface area contributed by atoms with E-state index < -0.39 is 5.97 Å². The molecule has 1 aromatic heterocycles. The quantitative estimate of drug-likeness (QED) is 0.910. The van der Waals surface area contributed by atoms with Gasteiger partial charge in [-0.3, -0.25) is 4.79 Å². The first kappa shape index (κ1) is 12.6. The number of aromatic nitrogens is 3. The van der Waals surface area contributed by atoms with Gasteiger partial charge in [0.05, 0.1) is 5.92 Å². The monoisotopic (exact) mass is 263 g/mol. The van der Waals surface area contributed by atoms with Crippen LogP contribution in [-0.2, 0) is 4.79 Å². The van der Waals surface area contributed by atoms with Crippen molar-refractivity contribution in [1.82, 2.24) is 14.8 Å². The molecule has 1 aromatic rings. The Morgan fingerprint density at radius 3 is 2.58 bits per heavy atom. The SMILES string of the molecule is Cc1nnc(C2CCC(C(=O)O)C2)n1C1CCCC1. The zero-order chi connectivity index (χ0) is 13.4. The van der Waals surface area contributed by atoms with Crippen LogP contribution < -0.4 is 0 Å². The second-order valence-electron chi connectivity index (χ2n) is 5.96. The largest absolute Gasteiger partial charge is 0.481 e. The molecule has 2 aliphatic carbocycles. The fraction of sp³-hybridized carbons (Fsp3) is 0.786. The van der Waals surface area contributed by atoms with Gasteiger partial charge in [0.25, 0.3) is 0 Å². The summed E-state index contributed by atoms with van der Waals surface area (Å²) in [7, 11) is 0. The summed E-state index contributed by atoms with van der Waals surface area (Å²) < 4.78 is 2.29. The van der Waals surface area contributed by atoms with Gasteiger partial charge in [0.2, 0.25) is 0 Å². The van der Waals surface area contributed by atoms with Crippen LogP contribution in [0.2, 0.25) is 0 Å². The number of rotatable bonds is 3. The topological polar surface area (TPSA) is 68.0 Å². The Labute approximate surface area is 113 Å². The summed E-state index contributed by atoms with van der Waals surface area (Å²) in [5.74, 6) is 1.45. The number of nitrogens with zero attached hydrogens (tertiary/aromatic N) is 3. The van der Waals surface area contributed by atoms with E-state index in [4.69, 9.17) is 5.11 Å². The maximum absolute atomic E-state index is 11.1. The number of carbonyl (C=O) groups is 1.